The Hall–Kier alpha value is -1.64. The number of rotatable bonds is 5. The van der Waals surface area contributed by atoms with Crippen molar-refractivity contribution in [3.05, 3.63) is 29.3 Å². The van der Waals surface area contributed by atoms with Crippen molar-refractivity contribution in [1.29, 1.82) is 0 Å². The van der Waals surface area contributed by atoms with Gasteiger partial charge in [0.05, 0.1) is 17.9 Å². The van der Waals surface area contributed by atoms with E-state index in [4.69, 9.17) is 16.3 Å². The molecule has 0 bridgehead atoms. The van der Waals surface area contributed by atoms with Crippen molar-refractivity contribution in [2.75, 3.05) is 19.7 Å². The quantitative estimate of drug-likeness (QED) is 0.783. The molecule has 1 saturated heterocycles. The molecule has 1 N–H and O–H groups in total. The molecule has 0 unspecified atom stereocenters. The van der Waals surface area contributed by atoms with Crippen LogP contribution in [0.4, 0.5) is 0 Å². The summed E-state index contributed by atoms with van der Waals surface area (Å²) in [7, 11) is -3.92. The summed E-state index contributed by atoms with van der Waals surface area (Å²) < 4.78 is 31.3. The van der Waals surface area contributed by atoms with Crippen LogP contribution in [0.25, 0.3) is 0 Å². The third-order valence-electron chi connectivity index (χ3n) is 3.37. The Labute approximate surface area is 139 Å². The lowest BCUT2D eigenvalue weighted by molar-refractivity contribution is -0.146. The number of ether oxygens (including phenoxy) is 1. The first kappa shape index (κ1) is 17.7. The first-order valence-corrected chi connectivity index (χ1v) is 8.89. The van der Waals surface area contributed by atoms with Crippen molar-refractivity contribution in [3.63, 3.8) is 0 Å². The molecule has 0 aromatic heterocycles. The summed E-state index contributed by atoms with van der Waals surface area (Å²) in [5, 5.41) is 2.97. The molecule has 23 heavy (non-hydrogen) atoms. The number of carbonyl (C=O) groups excluding carboxylic acids is 2. The van der Waals surface area contributed by atoms with E-state index in [0.29, 0.717) is 5.02 Å². The highest BCUT2D eigenvalue weighted by molar-refractivity contribution is 7.89. The van der Waals surface area contributed by atoms with Crippen LogP contribution in [-0.4, -0.2) is 50.3 Å². The Morgan fingerprint density at radius 3 is 2.65 bits per heavy atom. The zero-order valence-electron chi connectivity index (χ0n) is 12.5. The summed E-state index contributed by atoms with van der Waals surface area (Å²) in [6.07, 6.45) is -0.327. The standard InChI is InChI=1S/C14H17ClN2O5S/c1-2-22-13(18)9-12-14(19)16-7-8-17(12)23(20,21)11-5-3-10(15)4-6-11/h3-6,12H,2,7-9H2,1H3,(H,16,19)/t12-/m0/s1. The Morgan fingerprint density at radius 1 is 1.39 bits per heavy atom. The van der Waals surface area contributed by atoms with E-state index in [1.165, 1.54) is 24.3 Å². The number of carbonyl (C=O) groups is 2. The number of nitrogens with one attached hydrogen (secondary N) is 1. The average Bonchev–Trinajstić information content (AvgIpc) is 2.50. The van der Waals surface area contributed by atoms with Crippen molar-refractivity contribution in [2.45, 2.75) is 24.3 Å². The summed E-state index contributed by atoms with van der Waals surface area (Å²) in [6.45, 7) is 2.07. The number of sulfonamides is 1. The van der Waals surface area contributed by atoms with Gasteiger partial charge >= 0.3 is 5.97 Å². The molecule has 1 heterocycles. The molecule has 1 amide bonds. The molecule has 0 aliphatic carbocycles. The molecule has 1 aromatic carbocycles. The van der Waals surface area contributed by atoms with Gasteiger partial charge in [0, 0.05) is 18.1 Å². The highest BCUT2D eigenvalue weighted by atomic mass is 35.5. The largest absolute Gasteiger partial charge is 0.466 e. The molecule has 126 valence electrons. The molecular formula is C14H17ClN2O5S. The Balaban J connectivity index is 2.30. The van der Waals surface area contributed by atoms with Gasteiger partial charge in [-0.1, -0.05) is 11.6 Å². The number of benzene rings is 1. The van der Waals surface area contributed by atoms with Crippen LogP contribution in [0.3, 0.4) is 0 Å². The van der Waals surface area contributed by atoms with Crippen LogP contribution in [0, 0.1) is 0 Å². The molecule has 0 radical (unpaired) electrons. The van der Waals surface area contributed by atoms with Gasteiger partial charge in [-0.25, -0.2) is 8.42 Å². The predicted molar refractivity (Wildman–Crippen MR) is 83.4 cm³/mol. The summed E-state index contributed by atoms with van der Waals surface area (Å²) >= 11 is 5.77. The number of hydrogen-bond donors (Lipinski definition) is 1. The maximum Gasteiger partial charge on any atom is 0.307 e. The van der Waals surface area contributed by atoms with Crippen LogP contribution >= 0.6 is 11.6 Å². The zero-order chi connectivity index (χ0) is 17.0. The van der Waals surface area contributed by atoms with Crippen molar-refractivity contribution in [3.8, 4) is 0 Å². The fourth-order valence-corrected chi connectivity index (χ4v) is 4.01. The van der Waals surface area contributed by atoms with Gasteiger partial charge in [-0.2, -0.15) is 4.31 Å². The summed E-state index contributed by atoms with van der Waals surface area (Å²) in [5.74, 6) is -1.13. The second-order valence-corrected chi connectivity index (χ2v) is 7.21. The lowest BCUT2D eigenvalue weighted by Gasteiger charge is -2.33. The minimum absolute atomic E-state index is 0.0189. The second-order valence-electron chi connectivity index (χ2n) is 4.89. The molecule has 1 atom stereocenters. The summed E-state index contributed by atoms with van der Waals surface area (Å²) in [6, 6.07) is 4.53. The monoisotopic (exact) mass is 360 g/mol. The normalized spacial score (nSPS) is 19.2. The molecule has 1 aliphatic heterocycles. The third kappa shape index (κ3) is 4.01. The zero-order valence-corrected chi connectivity index (χ0v) is 14.1. The number of esters is 1. The van der Waals surface area contributed by atoms with Crippen LogP contribution in [0.5, 0.6) is 0 Å². The van der Waals surface area contributed by atoms with Crippen LogP contribution in [0.15, 0.2) is 29.2 Å². The van der Waals surface area contributed by atoms with E-state index in [-0.39, 0.29) is 31.0 Å². The number of halogens is 1. The average molecular weight is 361 g/mol. The molecule has 2 rings (SSSR count). The maximum absolute atomic E-state index is 12.7. The smallest absolute Gasteiger partial charge is 0.307 e. The van der Waals surface area contributed by atoms with Gasteiger partial charge in [-0.3, -0.25) is 9.59 Å². The summed E-state index contributed by atoms with van der Waals surface area (Å²) in [5.41, 5.74) is 0. The number of nitrogens with zero attached hydrogens (tertiary/aromatic N) is 1. The Kier molecular flexibility index (Phi) is 5.61. The van der Waals surface area contributed by atoms with Crippen molar-refractivity contribution in [1.82, 2.24) is 9.62 Å². The highest BCUT2D eigenvalue weighted by Gasteiger charge is 2.39. The van der Waals surface area contributed by atoms with Gasteiger partial charge < -0.3 is 10.1 Å². The Bertz CT molecular complexity index is 690. The van der Waals surface area contributed by atoms with E-state index in [1.807, 2.05) is 0 Å². The minimum atomic E-state index is -3.92. The first-order chi connectivity index (χ1) is 10.9. The van der Waals surface area contributed by atoms with E-state index in [2.05, 4.69) is 5.32 Å². The van der Waals surface area contributed by atoms with Gasteiger partial charge in [-0.15, -0.1) is 0 Å². The molecule has 1 aromatic rings. The minimum Gasteiger partial charge on any atom is -0.466 e. The van der Waals surface area contributed by atoms with Crippen molar-refractivity contribution >= 4 is 33.5 Å². The lowest BCUT2D eigenvalue weighted by Crippen LogP contribution is -2.57. The third-order valence-corrected chi connectivity index (χ3v) is 5.54. The van der Waals surface area contributed by atoms with Crippen molar-refractivity contribution in [2.24, 2.45) is 0 Å². The van der Waals surface area contributed by atoms with E-state index in [0.717, 1.165) is 4.31 Å². The lowest BCUT2D eigenvalue weighted by atomic mass is 10.1. The summed E-state index contributed by atoms with van der Waals surface area (Å²) in [4.78, 5) is 23.7. The fraction of sp³-hybridized carbons (Fsp3) is 0.429. The van der Waals surface area contributed by atoms with Crippen molar-refractivity contribution < 1.29 is 22.7 Å². The van der Waals surface area contributed by atoms with E-state index in [9.17, 15) is 18.0 Å². The van der Waals surface area contributed by atoms with Crippen LogP contribution < -0.4 is 5.32 Å². The topological polar surface area (TPSA) is 92.8 Å². The molecule has 7 nitrogen and oxygen atoms in total. The van der Waals surface area contributed by atoms with E-state index < -0.39 is 27.9 Å². The van der Waals surface area contributed by atoms with Crippen LogP contribution in [0.2, 0.25) is 5.02 Å². The molecule has 0 spiro atoms. The number of amides is 1. The van der Waals surface area contributed by atoms with Crippen LogP contribution in [-0.2, 0) is 24.3 Å². The van der Waals surface area contributed by atoms with Crippen LogP contribution in [0.1, 0.15) is 13.3 Å². The molecule has 1 aliphatic rings. The van der Waals surface area contributed by atoms with E-state index in [1.54, 1.807) is 6.92 Å². The molecule has 9 heteroatoms. The van der Waals surface area contributed by atoms with Gasteiger partial charge in [0.1, 0.15) is 6.04 Å². The van der Waals surface area contributed by atoms with Gasteiger partial charge in [0.15, 0.2) is 0 Å². The molecular weight excluding hydrogens is 344 g/mol. The van der Waals surface area contributed by atoms with E-state index >= 15 is 0 Å². The molecule has 0 saturated carbocycles. The van der Waals surface area contributed by atoms with Gasteiger partial charge in [0.25, 0.3) is 0 Å². The maximum atomic E-state index is 12.7. The predicted octanol–water partition coefficient (Wildman–Crippen LogP) is 0.782. The van der Waals surface area contributed by atoms with Gasteiger partial charge in [0.2, 0.25) is 15.9 Å². The second kappa shape index (κ2) is 7.29. The first-order valence-electron chi connectivity index (χ1n) is 7.07. The fourth-order valence-electron chi connectivity index (χ4n) is 2.30. The molecule has 1 fully saturated rings. The Morgan fingerprint density at radius 2 is 2.04 bits per heavy atom. The SMILES string of the molecule is CCOC(=O)C[C@H]1C(=O)NCCN1S(=O)(=O)c1ccc(Cl)cc1. The van der Waals surface area contributed by atoms with Gasteiger partial charge in [-0.05, 0) is 31.2 Å². The highest BCUT2D eigenvalue weighted by Crippen LogP contribution is 2.23. The number of piperazine rings is 1. The number of hydrogen-bond acceptors (Lipinski definition) is 5.